The maximum absolute atomic E-state index is 12.4. The number of hydrogen-bond donors (Lipinski definition) is 2. The number of H-pyrrole nitrogens is 1. The molecule has 3 rings (SSSR count). The molecular formula is C17H24N4OS. The van der Waals surface area contributed by atoms with Crippen molar-refractivity contribution in [1.82, 2.24) is 20.2 Å². The Morgan fingerprint density at radius 1 is 1.43 bits per heavy atom. The fourth-order valence-corrected chi connectivity index (χ4v) is 3.95. The van der Waals surface area contributed by atoms with Crippen molar-refractivity contribution in [2.75, 3.05) is 20.6 Å². The first-order valence-corrected chi connectivity index (χ1v) is 8.95. The molecule has 124 valence electrons. The van der Waals surface area contributed by atoms with Crippen molar-refractivity contribution in [3.8, 4) is 11.3 Å². The molecule has 1 aliphatic rings. The number of likely N-dealkylation sites (N-methyl/N-ethyl adjacent to an activating group) is 1. The molecule has 6 heteroatoms. The van der Waals surface area contributed by atoms with Crippen LogP contribution in [-0.2, 0) is 0 Å². The minimum Gasteiger partial charge on any atom is -0.357 e. The Balaban J connectivity index is 1.66. The van der Waals surface area contributed by atoms with Gasteiger partial charge in [-0.25, -0.2) is 4.98 Å². The summed E-state index contributed by atoms with van der Waals surface area (Å²) >= 11 is 1.62. The lowest BCUT2D eigenvalue weighted by Gasteiger charge is -2.36. The summed E-state index contributed by atoms with van der Waals surface area (Å²) in [5.74, 6) is -0.0451. The van der Waals surface area contributed by atoms with Crippen LogP contribution >= 0.6 is 11.3 Å². The zero-order chi connectivity index (χ0) is 16.4. The second-order valence-electron chi connectivity index (χ2n) is 6.56. The van der Waals surface area contributed by atoms with E-state index in [0.717, 1.165) is 29.1 Å². The molecule has 2 heterocycles. The van der Waals surface area contributed by atoms with Crippen LogP contribution in [0.4, 0.5) is 0 Å². The standard InChI is InChI=1S/C17H24N4OS/c1-12-20-15(10-23-12)13-8-14(18-9-13)16(22)19-11-17(21(2)3)6-4-5-7-17/h8-10,18H,4-7,11H2,1-3H3,(H,19,22). The third kappa shape index (κ3) is 3.33. The number of nitrogens with one attached hydrogen (secondary N) is 2. The Labute approximate surface area is 141 Å². The number of rotatable bonds is 5. The van der Waals surface area contributed by atoms with E-state index in [-0.39, 0.29) is 11.4 Å². The molecule has 0 aromatic carbocycles. The van der Waals surface area contributed by atoms with Crippen molar-refractivity contribution in [3.05, 3.63) is 28.3 Å². The van der Waals surface area contributed by atoms with Crippen LogP contribution in [0.5, 0.6) is 0 Å². The Morgan fingerprint density at radius 2 is 2.17 bits per heavy atom. The van der Waals surface area contributed by atoms with Crippen LogP contribution < -0.4 is 5.32 Å². The summed E-state index contributed by atoms with van der Waals surface area (Å²) in [4.78, 5) is 22.2. The highest BCUT2D eigenvalue weighted by Gasteiger charge is 2.36. The molecular weight excluding hydrogens is 308 g/mol. The van der Waals surface area contributed by atoms with Gasteiger partial charge in [0, 0.05) is 29.2 Å². The van der Waals surface area contributed by atoms with Gasteiger partial charge in [0.2, 0.25) is 0 Å². The van der Waals surface area contributed by atoms with E-state index >= 15 is 0 Å². The fraction of sp³-hybridized carbons (Fsp3) is 0.529. The van der Waals surface area contributed by atoms with Crippen LogP contribution in [0.3, 0.4) is 0 Å². The molecule has 0 atom stereocenters. The first-order valence-electron chi connectivity index (χ1n) is 8.07. The molecule has 0 radical (unpaired) electrons. The maximum atomic E-state index is 12.4. The van der Waals surface area contributed by atoms with Gasteiger partial charge in [0.25, 0.3) is 5.91 Å². The summed E-state index contributed by atoms with van der Waals surface area (Å²) in [5, 5.41) is 6.15. The molecule has 2 N–H and O–H groups in total. The Kier molecular flexibility index (Phi) is 4.55. The van der Waals surface area contributed by atoms with Gasteiger partial charge in [-0.1, -0.05) is 12.8 Å². The molecule has 23 heavy (non-hydrogen) atoms. The Bertz CT molecular complexity index is 682. The SMILES string of the molecule is Cc1nc(-c2c[nH]c(C(=O)NCC3(N(C)C)CCCC3)c2)cs1. The van der Waals surface area contributed by atoms with Crippen LogP contribution in [0.2, 0.25) is 0 Å². The minimum atomic E-state index is -0.0451. The minimum absolute atomic E-state index is 0.0451. The number of nitrogens with zero attached hydrogens (tertiary/aromatic N) is 2. The largest absolute Gasteiger partial charge is 0.357 e. The van der Waals surface area contributed by atoms with Crippen molar-refractivity contribution in [1.29, 1.82) is 0 Å². The van der Waals surface area contributed by atoms with E-state index in [1.165, 1.54) is 12.8 Å². The number of thiazole rings is 1. The molecule has 1 saturated carbocycles. The number of aryl methyl sites for hydroxylation is 1. The van der Waals surface area contributed by atoms with E-state index in [1.54, 1.807) is 11.3 Å². The molecule has 0 saturated heterocycles. The molecule has 0 bridgehead atoms. The monoisotopic (exact) mass is 332 g/mol. The van der Waals surface area contributed by atoms with Gasteiger partial charge in [-0.15, -0.1) is 11.3 Å². The van der Waals surface area contributed by atoms with E-state index in [0.29, 0.717) is 12.2 Å². The average molecular weight is 332 g/mol. The van der Waals surface area contributed by atoms with E-state index in [4.69, 9.17) is 0 Å². The molecule has 2 aromatic rings. The second-order valence-corrected chi connectivity index (χ2v) is 7.62. The van der Waals surface area contributed by atoms with Gasteiger partial charge in [0.05, 0.1) is 10.7 Å². The van der Waals surface area contributed by atoms with Crippen molar-refractivity contribution in [2.45, 2.75) is 38.1 Å². The summed E-state index contributed by atoms with van der Waals surface area (Å²) in [7, 11) is 4.21. The lowest BCUT2D eigenvalue weighted by atomic mass is 9.96. The molecule has 0 aliphatic heterocycles. The topological polar surface area (TPSA) is 61.0 Å². The van der Waals surface area contributed by atoms with Gasteiger partial charge in [-0.2, -0.15) is 0 Å². The summed E-state index contributed by atoms with van der Waals surface area (Å²) in [5.41, 5.74) is 2.58. The lowest BCUT2D eigenvalue weighted by Crippen LogP contribution is -2.50. The molecule has 0 unspecified atom stereocenters. The molecule has 1 aliphatic carbocycles. The predicted molar refractivity (Wildman–Crippen MR) is 93.9 cm³/mol. The van der Waals surface area contributed by atoms with E-state index in [9.17, 15) is 4.79 Å². The van der Waals surface area contributed by atoms with Gasteiger partial charge < -0.3 is 15.2 Å². The summed E-state index contributed by atoms with van der Waals surface area (Å²) in [6, 6.07) is 1.88. The van der Waals surface area contributed by atoms with Crippen LogP contribution in [0.15, 0.2) is 17.6 Å². The zero-order valence-corrected chi connectivity index (χ0v) is 14.8. The van der Waals surface area contributed by atoms with Crippen molar-refractivity contribution in [2.24, 2.45) is 0 Å². The van der Waals surface area contributed by atoms with Crippen molar-refractivity contribution < 1.29 is 4.79 Å². The number of aromatic nitrogens is 2. The van der Waals surface area contributed by atoms with Crippen LogP contribution in [0.25, 0.3) is 11.3 Å². The first-order chi connectivity index (χ1) is 11.0. The van der Waals surface area contributed by atoms with Crippen molar-refractivity contribution >= 4 is 17.2 Å². The number of carbonyl (C=O) groups is 1. The third-order valence-corrected chi connectivity index (χ3v) is 5.68. The summed E-state index contributed by atoms with van der Waals surface area (Å²) in [6.45, 7) is 2.68. The smallest absolute Gasteiger partial charge is 0.267 e. The van der Waals surface area contributed by atoms with E-state index < -0.39 is 0 Å². The Hall–Kier alpha value is -1.66. The van der Waals surface area contributed by atoms with E-state index in [1.807, 2.05) is 24.6 Å². The van der Waals surface area contributed by atoms with Crippen LogP contribution in [0.1, 0.15) is 41.2 Å². The molecule has 0 spiro atoms. The highest BCUT2D eigenvalue weighted by molar-refractivity contribution is 7.09. The molecule has 1 amide bonds. The number of aromatic amines is 1. The number of amides is 1. The van der Waals surface area contributed by atoms with Crippen molar-refractivity contribution in [3.63, 3.8) is 0 Å². The zero-order valence-electron chi connectivity index (χ0n) is 14.0. The fourth-order valence-electron chi connectivity index (χ4n) is 3.32. The van der Waals surface area contributed by atoms with E-state index in [2.05, 4.69) is 34.3 Å². The average Bonchev–Trinajstić information content (AvgIpc) is 3.25. The first kappa shape index (κ1) is 16.2. The molecule has 5 nitrogen and oxygen atoms in total. The third-order valence-electron chi connectivity index (χ3n) is 4.90. The summed E-state index contributed by atoms with van der Waals surface area (Å²) in [6.07, 6.45) is 6.62. The molecule has 1 fully saturated rings. The van der Waals surface area contributed by atoms with Gasteiger partial charge in [0.1, 0.15) is 5.69 Å². The van der Waals surface area contributed by atoms with Crippen LogP contribution in [0, 0.1) is 6.92 Å². The predicted octanol–water partition coefficient (Wildman–Crippen LogP) is 3.05. The second kappa shape index (κ2) is 6.45. The number of carbonyl (C=O) groups excluding carboxylic acids is 1. The van der Waals surface area contributed by atoms with Gasteiger partial charge in [-0.3, -0.25) is 4.79 Å². The summed E-state index contributed by atoms with van der Waals surface area (Å²) < 4.78 is 0. The van der Waals surface area contributed by atoms with Gasteiger partial charge in [-0.05, 0) is 39.9 Å². The normalized spacial score (nSPS) is 16.9. The van der Waals surface area contributed by atoms with Crippen LogP contribution in [-0.4, -0.2) is 47.0 Å². The van der Waals surface area contributed by atoms with Gasteiger partial charge >= 0.3 is 0 Å². The Morgan fingerprint density at radius 3 is 2.78 bits per heavy atom. The number of hydrogen-bond acceptors (Lipinski definition) is 4. The van der Waals surface area contributed by atoms with Gasteiger partial charge in [0.15, 0.2) is 0 Å². The highest BCUT2D eigenvalue weighted by atomic mass is 32.1. The lowest BCUT2D eigenvalue weighted by molar-refractivity contribution is 0.0895. The maximum Gasteiger partial charge on any atom is 0.267 e. The highest BCUT2D eigenvalue weighted by Crippen LogP contribution is 2.33. The molecule has 2 aromatic heterocycles. The quantitative estimate of drug-likeness (QED) is 0.885.